The fourth-order valence-corrected chi connectivity index (χ4v) is 2.95. The predicted octanol–water partition coefficient (Wildman–Crippen LogP) is 1.41. The molecule has 2 saturated heterocycles. The molecule has 2 rings (SSSR count). The van der Waals surface area contributed by atoms with Crippen molar-refractivity contribution >= 4 is 11.8 Å². The molecule has 0 aliphatic carbocycles. The first-order valence-corrected chi connectivity index (χ1v) is 6.93. The topological polar surface area (TPSA) is 49.4 Å². The van der Waals surface area contributed by atoms with Crippen LogP contribution < -0.4 is 5.32 Å². The maximum Gasteiger partial charge on any atom is 0.229 e. The Morgan fingerprint density at radius 2 is 1.89 bits per heavy atom. The summed E-state index contributed by atoms with van der Waals surface area (Å²) in [5.74, 6) is 1.01. The first-order chi connectivity index (χ1) is 8.39. The number of piperidine rings is 2. The third-order valence-electron chi connectivity index (χ3n) is 4.27. The van der Waals surface area contributed by atoms with Crippen molar-refractivity contribution in [3.8, 4) is 0 Å². The van der Waals surface area contributed by atoms with Crippen LogP contribution in [0.5, 0.6) is 0 Å². The van der Waals surface area contributed by atoms with Crippen molar-refractivity contribution in [1.29, 1.82) is 0 Å². The van der Waals surface area contributed by atoms with Crippen LogP contribution in [-0.4, -0.2) is 36.3 Å². The zero-order chi connectivity index (χ0) is 13.3. The Kier molecular flexibility index (Phi) is 3.76. The molecule has 0 saturated carbocycles. The molecule has 2 unspecified atom stereocenters. The Morgan fingerprint density at radius 3 is 2.44 bits per heavy atom. The molecule has 18 heavy (non-hydrogen) atoms. The van der Waals surface area contributed by atoms with E-state index in [2.05, 4.69) is 12.2 Å². The Balaban J connectivity index is 2.00. The van der Waals surface area contributed by atoms with Gasteiger partial charge in [0.2, 0.25) is 11.8 Å². The van der Waals surface area contributed by atoms with E-state index in [-0.39, 0.29) is 17.2 Å². The van der Waals surface area contributed by atoms with E-state index in [1.807, 2.05) is 13.8 Å². The average molecular weight is 252 g/mol. The van der Waals surface area contributed by atoms with Crippen molar-refractivity contribution in [1.82, 2.24) is 10.2 Å². The quantitative estimate of drug-likeness (QED) is 0.756. The highest BCUT2D eigenvalue weighted by molar-refractivity contribution is 5.98. The smallest absolute Gasteiger partial charge is 0.229 e. The van der Waals surface area contributed by atoms with Crippen molar-refractivity contribution in [3.63, 3.8) is 0 Å². The minimum atomic E-state index is -0.166. The first kappa shape index (κ1) is 13.5. The molecular weight excluding hydrogens is 228 g/mol. The van der Waals surface area contributed by atoms with Crippen LogP contribution in [0.2, 0.25) is 0 Å². The fourth-order valence-electron chi connectivity index (χ4n) is 2.95. The first-order valence-electron chi connectivity index (χ1n) is 6.93. The molecule has 0 aromatic heterocycles. The monoisotopic (exact) mass is 252 g/mol. The summed E-state index contributed by atoms with van der Waals surface area (Å²) in [6.45, 7) is 8.76. The molecule has 0 aromatic rings. The highest BCUT2D eigenvalue weighted by Crippen LogP contribution is 2.32. The van der Waals surface area contributed by atoms with Gasteiger partial charge in [0.1, 0.15) is 0 Å². The van der Waals surface area contributed by atoms with Crippen LogP contribution in [0.15, 0.2) is 0 Å². The van der Waals surface area contributed by atoms with E-state index in [9.17, 15) is 9.59 Å². The number of amides is 2. The van der Waals surface area contributed by atoms with E-state index < -0.39 is 0 Å². The molecule has 102 valence electrons. The minimum Gasteiger partial charge on any atom is -0.316 e. The predicted molar refractivity (Wildman–Crippen MR) is 69.9 cm³/mol. The van der Waals surface area contributed by atoms with E-state index in [0.717, 1.165) is 19.5 Å². The SMILES string of the molecule is CC1CCNCC1CN1C(=O)CC(C)(C)CC1=O. The van der Waals surface area contributed by atoms with Crippen LogP contribution in [0.25, 0.3) is 0 Å². The average Bonchev–Trinajstić information content (AvgIpc) is 2.24. The summed E-state index contributed by atoms with van der Waals surface area (Å²) >= 11 is 0. The van der Waals surface area contributed by atoms with E-state index in [1.54, 1.807) is 0 Å². The van der Waals surface area contributed by atoms with Crippen LogP contribution in [0.4, 0.5) is 0 Å². The number of imide groups is 1. The minimum absolute atomic E-state index is 0.00836. The lowest BCUT2D eigenvalue weighted by Crippen LogP contribution is -2.51. The molecule has 4 heteroatoms. The van der Waals surface area contributed by atoms with Crippen molar-refractivity contribution < 1.29 is 9.59 Å². The maximum absolute atomic E-state index is 12.1. The van der Waals surface area contributed by atoms with Crippen molar-refractivity contribution in [2.24, 2.45) is 17.3 Å². The molecule has 2 amide bonds. The highest BCUT2D eigenvalue weighted by atomic mass is 16.2. The van der Waals surface area contributed by atoms with Gasteiger partial charge in [-0.3, -0.25) is 14.5 Å². The fraction of sp³-hybridized carbons (Fsp3) is 0.857. The van der Waals surface area contributed by atoms with Gasteiger partial charge >= 0.3 is 0 Å². The number of rotatable bonds is 2. The number of nitrogens with one attached hydrogen (secondary N) is 1. The summed E-state index contributed by atoms with van der Waals surface area (Å²) in [7, 11) is 0. The highest BCUT2D eigenvalue weighted by Gasteiger charge is 2.38. The van der Waals surface area contributed by atoms with E-state index in [1.165, 1.54) is 4.90 Å². The number of carbonyl (C=O) groups is 2. The molecular formula is C14H24N2O2. The number of hydrogen-bond acceptors (Lipinski definition) is 3. The Bertz CT molecular complexity index is 332. The van der Waals surface area contributed by atoms with Gasteiger partial charge in [-0.2, -0.15) is 0 Å². The lowest BCUT2D eigenvalue weighted by molar-refractivity contribution is -0.153. The van der Waals surface area contributed by atoms with Crippen LogP contribution in [0.1, 0.15) is 40.0 Å². The summed E-state index contributed by atoms with van der Waals surface area (Å²) in [4.78, 5) is 25.7. The van der Waals surface area contributed by atoms with Gasteiger partial charge in [-0.25, -0.2) is 0 Å². The van der Waals surface area contributed by atoms with Gasteiger partial charge in [0.05, 0.1) is 0 Å². The third-order valence-corrected chi connectivity index (χ3v) is 4.27. The zero-order valence-corrected chi connectivity index (χ0v) is 11.7. The van der Waals surface area contributed by atoms with Crippen LogP contribution in [-0.2, 0) is 9.59 Å². The second-order valence-electron chi connectivity index (χ2n) is 6.65. The summed E-state index contributed by atoms with van der Waals surface area (Å²) < 4.78 is 0. The van der Waals surface area contributed by atoms with E-state index in [0.29, 0.717) is 31.2 Å². The van der Waals surface area contributed by atoms with Crippen molar-refractivity contribution in [2.45, 2.75) is 40.0 Å². The number of hydrogen-bond donors (Lipinski definition) is 1. The van der Waals surface area contributed by atoms with Crippen molar-refractivity contribution in [2.75, 3.05) is 19.6 Å². The normalized spacial score (nSPS) is 32.7. The molecule has 2 aliphatic heterocycles. The standard InChI is InChI=1S/C14H24N2O2/c1-10-4-5-15-8-11(10)9-16-12(17)6-14(2,3)7-13(16)18/h10-11,15H,4-9H2,1-3H3. The molecule has 2 heterocycles. The summed E-state index contributed by atoms with van der Waals surface area (Å²) in [5, 5.41) is 3.35. The molecule has 0 radical (unpaired) electrons. The van der Waals surface area contributed by atoms with Crippen molar-refractivity contribution in [3.05, 3.63) is 0 Å². The summed E-state index contributed by atoms with van der Waals surface area (Å²) in [5.41, 5.74) is -0.166. The van der Waals surface area contributed by atoms with Gasteiger partial charge < -0.3 is 5.32 Å². The van der Waals surface area contributed by atoms with Gasteiger partial charge in [0, 0.05) is 19.4 Å². The van der Waals surface area contributed by atoms with Gasteiger partial charge in [0.25, 0.3) is 0 Å². The van der Waals surface area contributed by atoms with E-state index >= 15 is 0 Å². The summed E-state index contributed by atoms with van der Waals surface area (Å²) in [6.07, 6.45) is 2.12. The summed E-state index contributed by atoms with van der Waals surface area (Å²) in [6, 6.07) is 0. The van der Waals surface area contributed by atoms with Gasteiger partial charge in [-0.05, 0) is 36.8 Å². The molecule has 0 aromatic carbocycles. The molecule has 0 bridgehead atoms. The van der Waals surface area contributed by atoms with Crippen LogP contribution in [0.3, 0.4) is 0 Å². The number of carbonyl (C=O) groups excluding carboxylic acids is 2. The Labute approximate surface area is 109 Å². The molecule has 1 N–H and O–H groups in total. The van der Waals surface area contributed by atoms with Crippen LogP contribution in [0, 0.1) is 17.3 Å². The second-order valence-corrected chi connectivity index (χ2v) is 6.65. The molecule has 2 atom stereocenters. The third kappa shape index (κ3) is 2.91. The molecule has 2 fully saturated rings. The lowest BCUT2D eigenvalue weighted by Gasteiger charge is -2.38. The zero-order valence-electron chi connectivity index (χ0n) is 11.7. The van der Waals surface area contributed by atoms with Gasteiger partial charge in [-0.15, -0.1) is 0 Å². The Morgan fingerprint density at radius 1 is 1.28 bits per heavy atom. The maximum atomic E-state index is 12.1. The van der Waals surface area contributed by atoms with E-state index in [4.69, 9.17) is 0 Å². The molecule has 0 spiro atoms. The Hall–Kier alpha value is -0.900. The lowest BCUT2D eigenvalue weighted by atomic mass is 9.80. The van der Waals surface area contributed by atoms with Crippen LogP contribution >= 0.6 is 0 Å². The number of nitrogens with zero attached hydrogens (tertiary/aromatic N) is 1. The van der Waals surface area contributed by atoms with Gasteiger partial charge in [0.15, 0.2) is 0 Å². The second kappa shape index (κ2) is 5.00. The largest absolute Gasteiger partial charge is 0.316 e. The van der Waals surface area contributed by atoms with Gasteiger partial charge in [-0.1, -0.05) is 20.8 Å². The molecule has 2 aliphatic rings. The molecule has 4 nitrogen and oxygen atoms in total. The number of likely N-dealkylation sites (tertiary alicyclic amines) is 1.